The third kappa shape index (κ3) is 2.91. The van der Waals surface area contributed by atoms with Crippen molar-refractivity contribution < 1.29 is 18.5 Å². The highest BCUT2D eigenvalue weighted by Gasteiger charge is 2.15. The van der Waals surface area contributed by atoms with E-state index in [1.165, 1.54) is 11.3 Å². The number of hydrogen-bond acceptors (Lipinski definition) is 8. The maximum Gasteiger partial charge on any atom is 0.312 e. The molecule has 120 valence electrons. The van der Waals surface area contributed by atoms with Gasteiger partial charge in [-0.05, 0) is 23.6 Å². The molecule has 3 aromatic heterocycles. The number of hydrogen-bond donors (Lipinski definition) is 0. The second-order valence-electron chi connectivity index (χ2n) is 4.94. The molecule has 0 atom stereocenters. The van der Waals surface area contributed by atoms with Gasteiger partial charge in [0.25, 0.3) is 11.8 Å². The maximum atomic E-state index is 12.0. The number of esters is 1. The minimum atomic E-state index is -0.440. The van der Waals surface area contributed by atoms with Gasteiger partial charge in [-0.15, -0.1) is 21.5 Å². The summed E-state index contributed by atoms with van der Waals surface area (Å²) >= 11 is 1.49. The summed E-state index contributed by atoms with van der Waals surface area (Å²) in [5, 5.41) is 14.4. The first-order valence-electron chi connectivity index (χ1n) is 7.15. The summed E-state index contributed by atoms with van der Waals surface area (Å²) in [4.78, 5) is 12.8. The molecule has 1 aromatic carbocycles. The summed E-state index contributed by atoms with van der Waals surface area (Å²) in [6, 6.07) is 11.1. The minimum absolute atomic E-state index is 0.0168. The number of benzene rings is 1. The Labute approximate surface area is 139 Å². The zero-order chi connectivity index (χ0) is 16.4. The number of ether oxygens (including phenoxy) is 1. The Balaban J connectivity index is 1.38. The Morgan fingerprint density at radius 3 is 2.96 bits per heavy atom. The van der Waals surface area contributed by atoms with Crippen molar-refractivity contribution in [3.8, 4) is 10.8 Å². The van der Waals surface area contributed by atoms with Crippen molar-refractivity contribution in [1.82, 2.24) is 15.4 Å². The number of rotatable bonds is 5. The van der Waals surface area contributed by atoms with Gasteiger partial charge in [-0.1, -0.05) is 23.4 Å². The van der Waals surface area contributed by atoms with Crippen molar-refractivity contribution in [2.24, 2.45) is 0 Å². The largest absolute Gasteiger partial charge is 0.455 e. The van der Waals surface area contributed by atoms with E-state index in [1.807, 2.05) is 35.7 Å². The van der Waals surface area contributed by atoms with Crippen LogP contribution in [0.25, 0.3) is 21.7 Å². The average molecular weight is 341 g/mol. The van der Waals surface area contributed by atoms with Gasteiger partial charge in [0.2, 0.25) is 0 Å². The lowest BCUT2D eigenvalue weighted by atomic mass is 10.2. The van der Waals surface area contributed by atoms with E-state index in [-0.39, 0.29) is 18.9 Å². The van der Waals surface area contributed by atoms with E-state index >= 15 is 0 Å². The highest BCUT2D eigenvalue weighted by Crippen LogP contribution is 2.23. The number of aromatic nitrogens is 3. The second-order valence-corrected chi connectivity index (χ2v) is 5.89. The predicted octanol–water partition coefficient (Wildman–Crippen LogP) is 3.23. The zero-order valence-corrected chi connectivity index (χ0v) is 13.2. The summed E-state index contributed by atoms with van der Waals surface area (Å²) < 4.78 is 15.8. The van der Waals surface area contributed by atoms with Gasteiger partial charge in [0.05, 0.1) is 11.3 Å². The van der Waals surface area contributed by atoms with Crippen LogP contribution in [0.1, 0.15) is 11.6 Å². The molecule has 24 heavy (non-hydrogen) atoms. The molecule has 0 N–H and O–H groups in total. The minimum Gasteiger partial charge on any atom is -0.455 e. The van der Waals surface area contributed by atoms with E-state index in [2.05, 4.69) is 15.4 Å². The number of carbonyl (C=O) groups excluding carboxylic acids is 1. The second kappa shape index (κ2) is 6.25. The highest BCUT2D eigenvalue weighted by atomic mass is 32.1. The molecule has 0 aliphatic rings. The first-order valence-corrected chi connectivity index (χ1v) is 8.03. The number of para-hydroxylation sites is 1. The summed E-state index contributed by atoms with van der Waals surface area (Å²) in [6.07, 6.45) is 0.0168. The van der Waals surface area contributed by atoms with Crippen molar-refractivity contribution in [3.05, 3.63) is 53.4 Å². The number of fused-ring (bicyclic) bond motifs is 1. The van der Waals surface area contributed by atoms with Gasteiger partial charge in [-0.2, -0.15) is 0 Å². The van der Waals surface area contributed by atoms with Gasteiger partial charge in [-0.25, -0.2) is 0 Å². The molecule has 8 heteroatoms. The van der Waals surface area contributed by atoms with Crippen LogP contribution in [0, 0.1) is 0 Å². The molecule has 0 unspecified atom stereocenters. The number of nitrogens with zero attached hydrogens (tertiary/aromatic N) is 3. The Morgan fingerprint density at radius 2 is 2.08 bits per heavy atom. The third-order valence-electron chi connectivity index (χ3n) is 3.32. The summed E-state index contributed by atoms with van der Waals surface area (Å²) in [7, 11) is 0. The molecule has 0 spiro atoms. The lowest BCUT2D eigenvalue weighted by molar-refractivity contribution is -0.144. The van der Waals surface area contributed by atoms with Crippen molar-refractivity contribution >= 4 is 28.3 Å². The molecule has 4 aromatic rings. The van der Waals surface area contributed by atoms with Crippen molar-refractivity contribution in [3.63, 3.8) is 0 Å². The summed E-state index contributed by atoms with van der Waals surface area (Å²) in [5.41, 5.74) is 1.18. The van der Waals surface area contributed by atoms with E-state index in [1.54, 1.807) is 6.07 Å². The van der Waals surface area contributed by atoms with Gasteiger partial charge < -0.3 is 13.7 Å². The van der Waals surface area contributed by atoms with Crippen LogP contribution >= 0.6 is 11.3 Å². The first-order chi connectivity index (χ1) is 11.8. The van der Waals surface area contributed by atoms with Crippen LogP contribution in [0.3, 0.4) is 0 Å². The van der Waals surface area contributed by atoms with Crippen LogP contribution < -0.4 is 0 Å². The molecule has 7 nitrogen and oxygen atoms in total. The molecule has 4 rings (SSSR count). The van der Waals surface area contributed by atoms with Crippen LogP contribution in [0.5, 0.6) is 0 Å². The van der Waals surface area contributed by atoms with E-state index in [0.717, 1.165) is 10.3 Å². The molecular weight excluding hydrogens is 330 g/mol. The molecule has 0 bridgehead atoms. The molecule has 0 saturated heterocycles. The number of carbonyl (C=O) groups is 1. The van der Waals surface area contributed by atoms with Crippen molar-refractivity contribution in [2.75, 3.05) is 0 Å². The number of thiophene rings is 1. The molecular formula is C16H11N3O4S. The lowest BCUT2D eigenvalue weighted by Gasteiger charge is -1.99. The van der Waals surface area contributed by atoms with Gasteiger partial charge >= 0.3 is 5.97 Å². The SMILES string of the molecule is O=C(Cc1noc2ccccc12)OCc1nnc(-c2cccs2)o1. The lowest BCUT2D eigenvalue weighted by Crippen LogP contribution is -2.08. The zero-order valence-electron chi connectivity index (χ0n) is 12.3. The average Bonchev–Trinajstić information content (AvgIpc) is 3.34. The summed E-state index contributed by atoms with van der Waals surface area (Å²) in [6.45, 7) is -0.0764. The van der Waals surface area contributed by atoms with Crippen LogP contribution in [0.2, 0.25) is 0 Å². The fraction of sp³-hybridized carbons (Fsp3) is 0.125. The molecule has 0 aliphatic carbocycles. The first kappa shape index (κ1) is 14.6. The quantitative estimate of drug-likeness (QED) is 0.515. The van der Waals surface area contributed by atoms with E-state index < -0.39 is 5.97 Å². The monoisotopic (exact) mass is 341 g/mol. The molecule has 0 aliphatic heterocycles. The molecule has 0 fully saturated rings. The van der Waals surface area contributed by atoms with E-state index in [4.69, 9.17) is 13.7 Å². The fourth-order valence-electron chi connectivity index (χ4n) is 2.21. The van der Waals surface area contributed by atoms with Gasteiger partial charge in [0.15, 0.2) is 12.2 Å². The normalized spacial score (nSPS) is 11.0. The Kier molecular flexibility index (Phi) is 3.80. The van der Waals surface area contributed by atoms with Crippen LogP contribution in [-0.4, -0.2) is 21.3 Å². The van der Waals surface area contributed by atoms with Gasteiger partial charge in [-0.3, -0.25) is 4.79 Å². The molecule has 3 heterocycles. The van der Waals surface area contributed by atoms with Crippen molar-refractivity contribution in [2.45, 2.75) is 13.0 Å². The van der Waals surface area contributed by atoms with E-state index in [9.17, 15) is 4.79 Å². The van der Waals surface area contributed by atoms with E-state index in [0.29, 0.717) is 17.2 Å². The smallest absolute Gasteiger partial charge is 0.312 e. The standard InChI is InChI=1S/C16H11N3O4S/c20-15(8-11-10-4-1-2-5-12(10)23-19-11)21-9-14-17-18-16(22-14)13-6-3-7-24-13/h1-7H,8-9H2. The third-order valence-corrected chi connectivity index (χ3v) is 4.18. The van der Waals surface area contributed by atoms with Gasteiger partial charge in [0.1, 0.15) is 5.69 Å². The maximum absolute atomic E-state index is 12.0. The topological polar surface area (TPSA) is 91.2 Å². The Morgan fingerprint density at radius 1 is 1.17 bits per heavy atom. The molecule has 0 amide bonds. The fourth-order valence-corrected chi connectivity index (χ4v) is 2.85. The van der Waals surface area contributed by atoms with Crippen molar-refractivity contribution in [1.29, 1.82) is 0 Å². The van der Waals surface area contributed by atoms with Crippen LogP contribution in [-0.2, 0) is 22.6 Å². The molecule has 0 radical (unpaired) electrons. The highest BCUT2D eigenvalue weighted by molar-refractivity contribution is 7.13. The predicted molar refractivity (Wildman–Crippen MR) is 85.1 cm³/mol. The Hall–Kier alpha value is -3.00. The molecule has 0 saturated carbocycles. The van der Waals surface area contributed by atoms with Gasteiger partial charge in [0, 0.05) is 5.39 Å². The Bertz CT molecular complexity index is 974. The van der Waals surface area contributed by atoms with Crippen LogP contribution in [0.4, 0.5) is 0 Å². The van der Waals surface area contributed by atoms with Crippen LogP contribution in [0.15, 0.2) is 50.7 Å². The summed E-state index contributed by atoms with van der Waals surface area (Å²) in [5.74, 6) is 0.222.